The van der Waals surface area contributed by atoms with Crippen molar-refractivity contribution >= 4 is 0 Å². The van der Waals surface area contributed by atoms with Crippen molar-refractivity contribution in [2.75, 3.05) is 13.1 Å². The Bertz CT molecular complexity index is 254. The molecule has 3 heteroatoms. The van der Waals surface area contributed by atoms with Gasteiger partial charge in [-0.25, -0.2) is 0 Å². The van der Waals surface area contributed by atoms with Gasteiger partial charge in [0, 0.05) is 18.6 Å². The number of hydrogen-bond acceptors (Lipinski definition) is 3. The molecule has 3 N–H and O–H groups in total. The molecule has 0 aromatic heterocycles. The summed E-state index contributed by atoms with van der Waals surface area (Å²) in [6.07, 6.45) is 13.5. The van der Waals surface area contributed by atoms with Crippen LogP contribution in [0.2, 0.25) is 0 Å². The lowest BCUT2D eigenvalue weighted by Gasteiger charge is -2.30. The first-order chi connectivity index (χ1) is 9.68. The van der Waals surface area contributed by atoms with E-state index >= 15 is 0 Å². The van der Waals surface area contributed by atoms with E-state index in [0.717, 1.165) is 19.4 Å². The Hall–Kier alpha value is -0.120. The molecular formula is C17H34N2O. The van der Waals surface area contributed by atoms with Crippen LogP contribution in [-0.2, 0) is 0 Å². The predicted molar refractivity (Wildman–Crippen MR) is 85.0 cm³/mol. The molecule has 118 valence electrons. The lowest BCUT2D eigenvalue weighted by Crippen LogP contribution is -2.45. The van der Waals surface area contributed by atoms with Crippen molar-refractivity contribution in [2.24, 2.45) is 0 Å². The summed E-state index contributed by atoms with van der Waals surface area (Å²) in [4.78, 5) is 0. The summed E-state index contributed by atoms with van der Waals surface area (Å²) in [5.74, 6) is 0. The Morgan fingerprint density at radius 1 is 1.10 bits per heavy atom. The zero-order chi connectivity index (χ0) is 14.3. The zero-order valence-electron chi connectivity index (χ0n) is 13.3. The van der Waals surface area contributed by atoms with Gasteiger partial charge in [-0.1, -0.05) is 38.5 Å². The van der Waals surface area contributed by atoms with Crippen LogP contribution < -0.4 is 10.6 Å². The minimum atomic E-state index is -0.443. The SMILES string of the molecule is CC(CC1CCCCCN1)NCC1(O)CCCCCC1. The first-order valence-electron chi connectivity index (χ1n) is 8.87. The van der Waals surface area contributed by atoms with E-state index in [2.05, 4.69) is 17.6 Å². The predicted octanol–water partition coefficient (Wildman–Crippen LogP) is 2.97. The maximum absolute atomic E-state index is 10.7. The molecule has 2 rings (SSSR count). The van der Waals surface area contributed by atoms with Gasteiger partial charge in [0.2, 0.25) is 0 Å². The van der Waals surface area contributed by atoms with Crippen molar-refractivity contribution in [1.29, 1.82) is 0 Å². The third-order valence-electron chi connectivity index (χ3n) is 5.11. The van der Waals surface area contributed by atoms with E-state index in [-0.39, 0.29) is 0 Å². The highest BCUT2D eigenvalue weighted by Crippen LogP contribution is 2.26. The van der Waals surface area contributed by atoms with E-state index in [0.29, 0.717) is 12.1 Å². The Balaban J connectivity index is 1.69. The molecule has 1 aliphatic heterocycles. The molecule has 2 atom stereocenters. The van der Waals surface area contributed by atoms with Crippen molar-refractivity contribution in [3.8, 4) is 0 Å². The van der Waals surface area contributed by atoms with Gasteiger partial charge in [0.1, 0.15) is 0 Å². The van der Waals surface area contributed by atoms with Gasteiger partial charge in [-0.15, -0.1) is 0 Å². The van der Waals surface area contributed by atoms with Gasteiger partial charge in [0.15, 0.2) is 0 Å². The molecule has 20 heavy (non-hydrogen) atoms. The lowest BCUT2D eigenvalue weighted by atomic mass is 9.93. The second-order valence-electron chi connectivity index (χ2n) is 7.16. The summed E-state index contributed by atoms with van der Waals surface area (Å²) >= 11 is 0. The summed E-state index contributed by atoms with van der Waals surface area (Å²) in [7, 11) is 0. The van der Waals surface area contributed by atoms with Crippen molar-refractivity contribution in [3.63, 3.8) is 0 Å². The van der Waals surface area contributed by atoms with Gasteiger partial charge in [-0.05, 0) is 45.6 Å². The van der Waals surface area contributed by atoms with E-state index < -0.39 is 5.60 Å². The van der Waals surface area contributed by atoms with Crippen LogP contribution in [0.25, 0.3) is 0 Å². The Morgan fingerprint density at radius 2 is 1.80 bits per heavy atom. The fraction of sp³-hybridized carbons (Fsp3) is 1.00. The van der Waals surface area contributed by atoms with Crippen molar-refractivity contribution in [1.82, 2.24) is 10.6 Å². The summed E-state index contributed by atoms with van der Waals surface area (Å²) in [6.45, 7) is 4.23. The van der Waals surface area contributed by atoms with Crippen LogP contribution in [0, 0.1) is 0 Å². The summed E-state index contributed by atoms with van der Waals surface area (Å²) in [5, 5.41) is 17.9. The van der Waals surface area contributed by atoms with E-state index in [1.165, 1.54) is 64.3 Å². The Labute approximate surface area is 124 Å². The van der Waals surface area contributed by atoms with Crippen LogP contribution in [0.5, 0.6) is 0 Å². The van der Waals surface area contributed by atoms with E-state index in [1.807, 2.05) is 0 Å². The quantitative estimate of drug-likeness (QED) is 0.679. The van der Waals surface area contributed by atoms with Crippen LogP contribution in [-0.4, -0.2) is 35.9 Å². The molecule has 0 spiro atoms. The first kappa shape index (κ1) is 16.3. The lowest BCUT2D eigenvalue weighted by molar-refractivity contribution is 0.0227. The molecule has 0 amide bonds. The third kappa shape index (κ3) is 5.71. The average molecular weight is 282 g/mol. The maximum atomic E-state index is 10.7. The largest absolute Gasteiger partial charge is 0.389 e. The number of rotatable bonds is 5. The second kappa shape index (κ2) is 8.35. The highest BCUT2D eigenvalue weighted by molar-refractivity contribution is 4.85. The normalized spacial score (nSPS) is 29.4. The van der Waals surface area contributed by atoms with Crippen LogP contribution in [0.15, 0.2) is 0 Å². The molecule has 2 aliphatic rings. The van der Waals surface area contributed by atoms with E-state index in [4.69, 9.17) is 0 Å². The summed E-state index contributed by atoms with van der Waals surface area (Å²) < 4.78 is 0. The van der Waals surface area contributed by atoms with Crippen LogP contribution in [0.3, 0.4) is 0 Å². The molecular weight excluding hydrogens is 248 g/mol. The minimum absolute atomic E-state index is 0.443. The molecule has 1 heterocycles. The molecule has 1 saturated carbocycles. The molecule has 0 aromatic rings. The maximum Gasteiger partial charge on any atom is 0.0771 e. The van der Waals surface area contributed by atoms with Gasteiger partial charge in [-0.3, -0.25) is 0 Å². The topological polar surface area (TPSA) is 44.3 Å². The zero-order valence-corrected chi connectivity index (χ0v) is 13.3. The Kier molecular flexibility index (Phi) is 6.79. The van der Waals surface area contributed by atoms with E-state index in [9.17, 15) is 5.11 Å². The van der Waals surface area contributed by atoms with Gasteiger partial charge in [-0.2, -0.15) is 0 Å². The summed E-state index contributed by atoms with van der Waals surface area (Å²) in [5.41, 5.74) is -0.443. The van der Waals surface area contributed by atoms with Crippen LogP contribution in [0.1, 0.15) is 77.6 Å². The average Bonchev–Trinajstić information content (AvgIpc) is 2.80. The van der Waals surface area contributed by atoms with E-state index in [1.54, 1.807) is 0 Å². The van der Waals surface area contributed by atoms with Gasteiger partial charge >= 0.3 is 0 Å². The van der Waals surface area contributed by atoms with Crippen molar-refractivity contribution in [3.05, 3.63) is 0 Å². The van der Waals surface area contributed by atoms with Gasteiger partial charge < -0.3 is 15.7 Å². The molecule has 2 unspecified atom stereocenters. The highest BCUT2D eigenvalue weighted by Gasteiger charge is 2.28. The summed E-state index contributed by atoms with van der Waals surface area (Å²) in [6, 6.07) is 1.17. The molecule has 2 fully saturated rings. The monoisotopic (exact) mass is 282 g/mol. The molecule has 1 saturated heterocycles. The standard InChI is InChI=1S/C17H34N2O/c1-15(13-16-9-5-4-8-12-18-16)19-14-17(20)10-6-2-3-7-11-17/h15-16,18-20H,2-14H2,1H3. The Morgan fingerprint density at radius 3 is 2.55 bits per heavy atom. The van der Waals surface area contributed by atoms with Crippen LogP contribution in [0.4, 0.5) is 0 Å². The molecule has 0 radical (unpaired) electrons. The third-order valence-corrected chi connectivity index (χ3v) is 5.11. The molecule has 1 aliphatic carbocycles. The van der Waals surface area contributed by atoms with Crippen molar-refractivity contribution < 1.29 is 5.11 Å². The molecule has 0 bridgehead atoms. The first-order valence-corrected chi connectivity index (χ1v) is 8.87. The second-order valence-corrected chi connectivity index (χ2v) is 7.16. The van der Waals surface area contributed by atoms with Gasteiger partial charge in [0.25, 0.3) is 0 Å². The highest BCUT2D eigenvalue weighted by atomic mass is 16.3. The molecule has 3 nitrogen and oxygen atoms in total. The number of aliphatic hydroxyl groups is 1. The fourth-order valence-corrected chi connectivity index (χ4v) is 3.74. The minimum Gasteiger partial charge on any atom is -0.389 e. The van der Waals surface area contributed by atoms with Gasteiger partial charge in [0.05, 0.1) is 5.60 Å². The number of nitrogens with one attached hydrogen (secondary N) is 2. The smallest absolute Gasteiger partial charge is 0.0771 e. The number of hydrogen-bond donors (Lipinski definition) is 3. The van der Waals surface area contributed by atoms with Crippen LogP contribution >= 0.6 is 0 Å². The molecule has 0 aromatic carbocycles. The fourth-order valence-electron chi connectivity index (χ4n) is 3.74. The van der Waals surface area contributed by atoms with Crippen molar-refractivity contribution in [2.45, 2.75) is 95.2 Å².